The van der Waals surface area contributed by atoms with Crippen molar-refractivity contribution in [1.29, 1.82) is 0 Å². The summed E-state index contributed by atoms with van der Waals surface area (Å²) < 4.78 is 14.5. The first-order chi connectivity index (χ1) is 42.6. The molecule has 91 heavy (non-hydrogen) atoms. The van der Waals surface area contributed by atoms with E-state index in [4.69, 9.17) is 9.47 Å². The molecule has 0 unspecified atom stereocenters. The normalized spacial score (nSPS) is 14.6. The number of phenols is 4. The number of ether oxygens (including phenoxy) is 2. The van der Waals surface area contributed by atoms with E-state index in [-0.39, 0.29) is 67.7 Å². The molecule has 0 saturated heterocycles. The van der Waals surface area contributed by atoms with Gasteiger partial charge in [0.15, 0.2) is 5.54 Å². The number of rotatable bonds is 8. The van der Waals surface area contributed by atoms with Gasteiger partial charge in [0.1, 0.15) is 63.8 Å². The summed E-state index contributed by atoms with van der Waals surface area (Å²) in [5.41, 5.74) is 12.7. The molecule has 14 heteroatoms. The zero-order valence-electron chi connectivity index (χ0n) is 54.6. The number of phenolic OH excluding ortho intramolecular Hbond substituents is 4. The summed E-state index contributed by atoms with van der Waals surface area (Å²) in [5, 5.41) is 62.8. The number of azo groups is 2. The molecule has 0 amide bonds. The van der Waals surface area contributed by atoms with Crippen molar-refractivity contribution >= 4 is 72.7 Å². The van der Waals surface area contributed by atoms with Gasteiger partial charge in [-0.3, -0.25) is 0 Å². The number of benzene rings is 9. The van der Waals surface area contributed by atoms with E-state index in [1.165, 1.54) is 40.4 Å². The van der Waals surface area contributed by atoms with Crippen LogP contribution in [0.1, 0.15) is 141 Å². The molecule has 9 aromatic carbocycles. The van der Waals surface area contributed by atoms with Crippen molar-refractivity contribution in [3.63, 3.8) is 0 Å². The summed E-state index contributed by atoms with van der Waals surface area (Å²) in [4.78, 5) is 15.5. The van der Waals surface area contributed by atoms with Crippen molar-refractivity contribution in [3.8, 4) is 34.5 Å². The third kappa shape index (κ3) is 13.3. The number of hydrogen-bond acceptors (Lipinski definition) is 12. The Balaban J connectivity index is 0.000000172. The van der Waals surface area contributed by atoms with Gasteiger partial charge >= 0.3 is 5.97 Å². The van der Waals surface area contributed by atoms with Crippen LogP contribution >= 0.6 is 0 Å². The number of allylic oxidation sites excluding steroid dienone is 2. The maximum absolute atomic E-state index is 13.1. The topological polar surface area (TPSA) is 172 Å². The van der Waals surface area contributed by atoms with Crippen molar-refractivity contribution in [2.45, 2.75) is 119 Å². The van der Waals surface area contributed by atoms with Gasteiger partial charge in [0.2, 0.25) is 5.36 Å². The Morgan fingerprint density at radius 1 is 0.560 bits per heavy atom. The minimum atomic E-state index is -0.353. The largest absolute Gasteiger partial charge is 0.506 e. The van der Waals surface area contributed by atoms with Crippen molar-refractivity contribution < 1.29 is 51.5 Å². The van der Waals surface area contributed by atoms with Crippen LogP contribution in [-0.4, -0.2) is 57.7 Å². The van der Waals surface area contributed by atoms with E-state index in [1.807, 2.05) is 109 Å². The van der Waals surface area contributed by atoms with E-state index >= 15 is 0 Å². The summed E-state index contributed by atoms with van der Waals surface area (Å²) in [6, 6.07) is 49.5. The second kappa shape index (κ2) is 25.8. The van der Waals surface area contributed by atoms with Gasteiger partial charge in [-0.1, -0.05) is 139 Å². The fraction of sp³-hybridized carbons (Fsp3) is 0.273. The number of aromatic hydroxyl groups is 4. The van der Waals surface area contributed by atoms with Crippen LogP contribution in [0.2, 0.25) is 0 Å². The van der Waals surface area contributed by atoms with Crippen LogP contribution in [0.5, 0.6) is 34.5 Å². The Labute approximate surface area is 544 Å². The Morgan fingerprint density at radius 2 is 1.07 bits per heavy atom. The zero-order valence-corrected chi connectivity index (χ0v) is 55.7. The van der Waals surface area contributed by atoms with Crippen molar-refractivity contribution in [2.24, 2.45) is 20.5 Å². The fourth-order valence-corrected chi connectivity index (χ4v) is 12.5. The number of likely N-dealkylation sites (N-methyl/N-ethyl adjacent to an activating group) is 2. The molecule has 0 aliphatic carbocycles. The molecule has 1 radical (unpaired) electrons. The average Bonchev–Trinajstić information content (AvgIpc) is 0.725. The Bertz CT molecular complexity index is 4450. The predicted molar refractivity (Wildman–Crippen MR) is 365 cm³/mol. The number of nitrogens with zero attached hydrogens (tertiary/aromatic N) is 6. The van der Waals surface area contributed by atoms with Gasteiger partial charge in [-0.05, 0) is 152 Å². The number of carbonyl (C=O) groups excluding carboxylic acids is 1. The molecule has 0 spiro atoms. The number of carbonyl (C=O) groups is 1. The first-order valence-electron chi connectivity index (χ1n) is 30.6. The molecule has 3 aliphatic heterocycles. The van der Waals surface area contributed by atoms with E-state index in [0.717, 1.165) is 79.2 Å². The van der Waals surface area contributed by atoms with Crippen LogP contribution in [0.15, 0.2) is 190 Å². The maximum atomic E-state index is 13.1. The van der Waals surface area contributed by atoms with Gasteiger partial charge in [-0.2, -0.15) is 0 Å². The van der Waals surface area contributed by atoms with E-state index in [1.54, 1.807) is 24.3 Å². The molecular formula is C77H81CoN6O7+. The number of anilines is 1. The van der Waals surface area contributed by atoms with Crippen molar-refractivity contribution in [2.75, 3.05) is 25.1 Å². The Morgan fingerprint density at radius 3 is 1.58 bits per heavy atom. The zero-order chi connectivity index (χ0) is 64.8. The van der Waals surface area contributed by atoms with Crippen molar-refractivity contribution in [1.82, 2.24) is 4.58 Å². The van der Waals surface area contributed by atoms with Crippen LogP contribution in [-0.2, 0) is 32.3 Å². The number of esters is 1. The smallest absolute Gasteiger partial charge is 0.338 e. The molecule has 4 N–H and O–H groups in total. The van der Waals surface area contributed by atoms with E-state index in [9.17, 15) is 25.2 Å². The van der Waals surface area contributed by atoms with Crippen LogP contribution in [0.4, 0.5) is 28.4 Å². The maximum Gasteiger partial charge on any atom is 0.338 e. The first-order valence-corrected chi connectivity index (χ1v) is 30.6. The minimum absolute atomic E-state index is 0. The molecule has 12 rings (SSSR count). The molecule has 0 aromatic heterocycles. The van der Waals surface area contributed by atoms with Gasteiger partial charge in [-0.15, -0.1) is 20.5 Å². The molecule has 3 aliphatic rings. The van der Waals surface area contributed by atoms with E-state index in [2.05, 4.69) is 163 Å². The summed E-state index contributed by atoms with van der Waals surface area (Å²) >= 11 is 0. The summed E-state index contributed by atoms with van der Waals surface area (Å²) in [6.45, 7) is 32.1. The molecule has 3 heterocycles. The average molecular weight is 1260 g/mol. The van der Waals surface area contributed by atoms with Crippen LogP contribution in [0.25, 0.3) is 38.3 Å². The van der Waals surface area contributed by atoms with Crippen LogP contribution < -0.4 is 24.8 Å². The first kappa shape index (κ1) is 66.1. The number of hydrogen-bond donors (Lipinski definition) is 4. The van der Waals surface area contributed by atoms with Gasteiger partial charge in [0, 0.05) is 87.2 Å². The molecule has 469 valence electrons. The number of methoxy groups -OCH3 is 1. The van der Waals surface area contributed by atoms with Gasteiger partial charge in [-0.25, -0.2) is 9.37 Å². The fourth-order valence-electron chi connectivity index (χ4n) is 12.5. The molecule has 0 bridgehead atoms. The summed E-state index contributed by atoms with van der Waals surface area (Å²) in [5.74, 6) is 1.48. The monoisotopic (exact) mass is 1260 g/mol. The quantitative estimate of drug-likeness (QED) is 0.0661. The molecule has 0 saturated carbocycles. The number of fused-ring (bicyclic) bond motifs is 6. The van der Waals surface area contributed by atoms with E-state index < -0.39 is 0 Å². The predicted octanol–water partition coefficient (Wildman–Crippen LogP) is 18.5. The summed E-state index contributed by atoms with van der Waals surface area (Å²) in [6.07, 6.45) is 4.69. The SMILES string of the molecule is CC(C)(C)c1ccc(O)c(N=Nc2c(O)ccc3ccccc23)c1.CC(C)(C)c1ccc(O)c(N=Nc2c(O)ccc3ccccc23)c1.CCN1c2cc3c(cc2C(C)=CC1(C)C)C(c1ccccc1C(=O)OC)=c1cc2c(cc1O3)=[N+](CC)C(C)(C)C=C2C.[Co]. The van der Waals surface area contributed by atoms with Gasteiger partial charge in [0.05, 0.1) is 24.3 Å². The summed E-state index contributed by atoms with van der Waals surface area (Å²) in [7, 11) is 1.44. The van der Waals surface area contributed by atoms with Crippen LogP contribution in [0.3, 0.4) is 0 Å². The van der Waals surface area contributed by atoms with Gasteiger partial charge < -0.3 is 34.8 Å². The standard InChI is InChI=1S/C37H41N2O3.2C20H20N2O2.Co/c1-10-38-30-18-32-28(16-26(30)22(3)20-36(38,5)6)34(24-14-12-13-15-25(24)35(40)41-9)29-17-27-23(4)21-37(7,8)39(11-2)31(27)19-33(29)42-32;2*1-20(2,3)14-9-11-17(23)16(12-14)21-22-19-15-7-5-4-6-13(15)8-10-18(19)24;/h12-21H,10-11H2,1-9H3;2*4-12,23-24H,1-3H3;/q+1;;;. The van der Waals surface area contributed by atoms with Gasteiger partial charge in [0.25, 0.3) is 0 Å². The minimum Gasteiger partial charge on any atom is -0.506 e. The molecule has 0 atom stereocenters. The van der Waals surface area contributed by atoms with E-state index in [0.29, 0.717) is 28.3 Å². The third-order valence-electron chi connectivity index (χ3n) is 17.1. The van der Waals surface area contributed by atoms with Crippen molar-refractivity contribution in [3.05, 3.63) is 219 Å². The molecule has 0 fully saturated rings. The molecule has 13 nitrogen and oxygen atoms in total. The Kier molecular flexibility index (Phi) is 18.8. The Hall–Kier alpha value is -9.37. The molecule has 9 aromatic rings. The second-order valence-corrected chi connectivity index (χ2v) is 26.3. The second-order valence-electron chi connectivity index (χ2n) is 26.3. The van der Waals surface area contributed by atoms with Crippen LogP contribution in [0, 0.1) is 0 Å². The third-order valence-corrected chi connectivity index (χ3v) is 17.1. The molecular weight excluding hydrogens is 1180 g/mol.